The summed E-state index contributed by atoms with van der Waals surface area (Å²) in [6.45, 7) is 0.635. The molecule has 2 aromatic heterocycles. The number of hydrogen-bond acceptors (Lipinski definition) is 7. The number of nitrogen functional groups attached to an aromatic ring is 1. The van der Waals surface area contributed by atoms with Crippen LogP contribution < -0.4 is 10.6 Å². The van der Waals surface area contributed by atoms with Gasteiger partial charge in [-0.1, -0.05) is 0 Å². The summed E-state index contributed by atoms with van der Waals surface area (Å²) < 4.78 is 0. The summed E-state index contributed by atoms with van der Waals surface area (Å²) in [6.07, 6.45) is 0.0579. The average Bonchev–Trinajstić information content (AvgIpc) is 2.85. The lowest BCUT2D eigenvalue weighted by atomic mass is 10.3. The molecule has 0 aliphatic carbocycles. The van der Waals surface area contributed by atoms with E-state index in [-0.39, 0.29) is 5.95 Å². The molecule has 0 radical (unpaired) electrons. The lowest BCUT2D eigenvalue weighted by molar-refractivity contribution is 0.0572. The van der Waals surface area contributed by atoms with E-state index in [4.69, 9.17) is 5.73 Å². The number of aromatic nitrogens is 4. The number of aromatic amines is 1. The van der Waals surface area contributed by atoms with E-state index in [1.807, 2.05) is 0 Å². The molecule has 90 valence electrons. The van der Waals surface area contributed by atoms with Gasteiger partial charge in [-0.25, -0.2) is 0 Å². The topological polar surface area (TPSA) is 124 Å². The van der Waals surface area contributed by atoms with E-state index in [2.05, 4.69) is 20.2 Å². The first-order chi connectivity index (χ1) is 8.15. The molecule has 3 heterocycles. The van der Waals surface area contributed by atoms with Crippen molar-refractivity contribution in [2.45, 2.75) is 12.2 Å². The molecular formula is C9H12N6O2. The first-order valence-corrected chi connectivity index (χ1v) is 5.23. The van der Waals surface area contributed by atoms with E-state index in [1.54, 1.807) is 11.1 Å². The zero-order valence-corrected chi connectivity index (χ0v) is 8.91. The summed E-state index contributed by atoms with van der Waals surface area (Å²) in [6, 6.07) is 0. The van der Waals surface area contributed by atoms with Crippen LogP contribution in [0.2, 0.25) is 0 Å². The maximum absolute atomic E-state index is 9.53. The highest BCUT2D eigenvalue weighted by Gasteiger charge is 2.31. The van der Waals surface area contributed by atoms with Gasteiger partial charge in [0.05, 0.1) is 23.8 Å². The molecule has 2 unspecified atom stereocenters. The van der Waals surface area contributed by atoms with Gasteiger partial charge < -0.3 is 20.8 Å². The van der Waals surface area contributed by atoms with Crippen molar-refractivity contribution in [1.82, 2.24) is 20.2 Å². The van der Waals surface area contributed by atoms with Gasteiger partial charge >= 0.3 is 0 Å². The van der Waals surface area contributed by atoms with Crippen molar-refractivity contribution < 1.29 is 10.2 Å². The van der Waals surface area contributed by atoms with Gasteiger partial charge in [0.25, 0.3) is 0 Å². The molecule has 8 heteroatoms. The van der Waals surface area contributed by atoms with E-state index in [1.165, 1.54) is 0 Å². The van der Waals surface area contributed by atoms with Crippen LogP contribution in [-0.2, 0) is 0 Å². The predicted octanol–water partition coefficient (Wildman–Crippen LogP) is -1.52. The highest BCUT2D eigenvalue weighted by molar-refractivity contribution is 5.87. The number of nitrogens with two attached hydrogens (primary N) is 1. The molecule has 0 spiro atoms. The molecule has 0 saturated carbocycles. The van der Waals surface area contributed by atoms with Gasteiger partial charge in [-0.15, -0.1) is 0 Å². The SMILES string of the molecule is Nc1nc(N2CC(O)C(O)C2)c2cn[nH]c2n1. The zero-order chi connectivity index (χ0) is 12.0. The molecule has 1 aliphatic rings. The first kappa shape index (κ1) is 10.2. The average molecular weight is 236 g/mol. The van der Waals surface area contributed by atoms with Crippen LogP contribution in [0, 0.1) is 0 Å². The van der Waals surface area contributed by atoms with Gasteiger partial charge in [-0.2, -0.15) is 15.1 Å². The highest BCUT2D eigenvalue weighted by Crippen LogP contribution is 2.26. The van der Waals surface area contributed by atoms with Crippen molar-refractivity contribution >= 4 is 22.8 Å². The molecule has 1 saturated heterocycles. The Morgan fingerprint density at radius 2 is 2.00 bits per heavy atom. The number of nitrogens with zero attached hydrogens (tertiary/aromatic N) is 4. The fourth-order valence-corrected chi connectivity index (χ4v) is 2.02. The molecule has 17 heavy (non-hydrogen) atoms. The van der Waals surface area contributed by atoms with Crippen LogP contribution in [0.25, 0.3) is 11.0 Å². The number of rotatable bonds is 1. The van der Waals surface area contributed by atoms with Gasteiger partial charge in [0, 0.05) is 13.1 Å². The molecule has 1 fully saturated rings. The number of nitrogens with one attached hydrogen (secondary N) is 1. The summed E-state index contributed by atoms with van der Waals surface area (Å²) in [5, 5.41) is 26.4. The third-order valence-electron chi connectivity index (χ3n) is 2.87. The Hall–Kier alpha value is -1.93. The zero-order valence-electron chi connectivity index (χ0n) is 8.91. The summed E-state index contributed by atoms with van der Waals surface area (Å²) in [7, 11) is 0. The molecule has 0 bridgehead atoms. The lowest BCUT2D eigenvalue weighted by Crippen LogP contribution is -2.23. The Morgan fingerprint density at radius 3 is 2.71 bits per heavy atom. The molecule has 2 atom stereocenters. The number of H-pyrrole nitrogens is 1. The Morgan fingerprint density at radius 1 is 1.29 bits per heavy atom. The summed E-state index contributed by atoms with van der Waals surface area (Å²) in [5.74, 6) is 0.712. The number of β-amino-alcohol motifs (C(OH)–C–C–N with tert-alkyl or cyclic N) is 2. The van der Waals surface area contributed by atoms with Crippen molar-refractivity contribution in [3.63, 3.8) is 0 Å². The molecule has 2 aromatic rings. The summed E-state index contributed by atoms with van der Waals surface area (Å²) in [5.41, 5.74) is 6.14. The van der Waals surface area contributed by atoms with Gasteiger partial charge in [-0.3, -0.25) is 5.10 Å². The lowest BCUT2D eigenvalue weighted by Gasteiger charge is -2.16. The summed E-state index contributed by atoms with van der Waals surface area (Å²) >= 11 is 0. The molecule has 8 nitrogen and oxygen atoms in total. The van der Waals surface area contributed by atoms with Crippen LogP contribution in [0.15, 0.2) is 6.20 Å². The minimum absolute atomic E-state index is 0.132. The van der Waals surface area contributed by atoms with E-state index in [0.717, 1.165) is 5.39 Å². The number of hydrogen-bond donors (Lipinski definition) is 4. The van der Waals surface area contributed by atoms with Crippen LogP contribution in [0.4, 0.5) is 11.8 Å². The smallest absolute Gasteiger partial charge is 0.224 e. The largest absolute Gasteiger partial charge is 0.389 e. The monoisotopic (exact) mass is 236 g/mol. The Balaban J connectivity index is 2.08. The number of aliphatic hydroxyl groups excluding tert-OH is 2. The Bertz CT molecular complexity index is 545. The molecule has 0 amide bonds. The van der Waals surface area contributed by atoms with E-state index in [9.17, 15) is 10.2 Å². The maximum Gasteiger partial charge on any atom is 0.224 e. The first-order valence-electron chi connectivity index (χ1n) is 5.23. The fourth-order valence-electron chi connectivity index (χ4n) is 2.02. The van der Waals surface area contributed by atoms with Crippen LogP contribution in [-0.4, -0.2) is 55.7 Å². The second-order valence-electron chi connectivity index (χ2n) is 4.08. The van der Waals surface area contributed by atoms with Gasteiger partial charge in [0.2, 0.25) is 5.95 Å². The quantitative estimate of drug-likeness (QED) is 0.473. The maximum atomic E-state index is 9.53. The van der Waals surface area contributed by atoms with E-state index in [0.29, 0.717) is 24.6 Å². The van der Waals surface area contributed by atoms with Gasteiger partial charge in [0.1, 0.15) is 5.82 Å². The highest BCUT2D eigenvalue weighted by atomic mass is 16.3. The number of aliphatic hydroxyl groups is 2. The van der Waals surface area contributed by atoms with Crippen molar-refractivity contribution in [1.29, 1.82) is 0 Å². The van der Waals surface area contributed by atoms with Crippen LogP contribution in [0.5, 0.6) is 0 Å². The van der Waals surface area contributed by atoms with Gasteiger partial charge in [0.15, 0.2) is 5.65 Å². The normalized spacial score (nSPS) is 24.7. The van der Waals surface area contributed by atoms with Crippen molar-refractivity contribution in [3.05, 3.63) is 6.20 Å². The van der Waals surface area contributed by atoms with Crippen molar-refractivity contribution in [2.75, 3.05) is 23.7 Å². The van der Waals surface area contributed by atoms with Crippen LogP contribution in [0.1, 0.15) is 0 Å². The molecule has 3 rings (SSSR count). The van der Waals surface area contributed by atoms with Gasteiger partial charge in [-0.05, 0) is 0 Å². The molecular weight excluding hydrogens is 224 g/mol. The Kier molecular flexibility index (Phi) is 2.13. The summed E-state index contributed by atoms with van der Waals surface area (Å²) in [4.78, 5) is 9.91. The minimum Gasteiger partial charge on any atom is -0.389 e. The minimum atomic E-state index is -0.770. The molecule has 0 aromatic carbocycles. The van der Waals surface area contributed by atoms with E-state index >= 15 is 0 Å². The third kappa shape index (κ3) is 1.58. The standard InChI is InChI=1S/C9H12N6O2/c10-9-12-7-4(1-11-14-7)8(13-9)15-2-5(16)6(17)3-15/h1,5-6,16-17H,2-3H2,(H3,10,11,12,13,14). The van der Waals surface area contributed by atoms with Crippen LogP contribution in [0.3, 0.4) is 0 Å². The fraction of sp³-hybridized carbons (Fsp3) is 0.444. The van der Waals surface area contributed by atoms with Crippen molar-refractivity contribution in [3.8, 4) is 0 Å². The second-order valence-corrected chi connectivity index (χ2v) is 4.08. The molecule has 5 N–H and O–H groups in total. The molecule has 1 aliphatic heterocycles. The third-order valence-corrected chi connectivity index (χ3v) is 2.87. The second kappa shape index (κ2) is 3.54. The number of anilines is 2. The van der Waals surface area contributed by atoms with Crippen molar-refractivity contribution in [2.24, 2.45) is 0 Å². The van der Waals surface area contributed by atoms with Crippen LogP contribution >= 0.6 is 0 Å². The van der Waals surface area contributed by atoms with E-state index < -0.39 is 12.2 Å². The number of fused-ring (bicyclic) bond motifs is 1. The Labute approximate surface area is 96.1 Å². The predicted molar refractivity (Wildman–Crippen MR) is 60.3 cm³/mol.